The summed E-state index contributed by atoms with van der Waals surface area (Å²) in [5, 5.41) is 2.74. The largest absolute Gasteiger partial charge is 0.349 e. The van der Waals surface area contributed by atoms with E-state index in [2.05, 4.69) is 21.2 Å². The van der Waals surface area contributed by atoms with Gasteiger partial charge in [0, 0.05) is 6.07 Å². The molecule has 0 aliphatic heterocycles. The van der Waals surface area contributed by atoms with Gasteiger partial charge in [-0.25, -0.2) is 8.78 Å². The Balaban J connectivity index is 2.81. The Kier molecular flexibility index (Phi) is 4.20. The van der Waals surface area contributed by atoms with Crippen LogP contribution >= 0.6 is 15.9 Å². The molecule has 1 aromatic rings. The van der Waals surface area contributed by atoms with Crippen molar-refractivity contribution in [1.29, 1.82) is 0 Å². The molecule has 0 bridgehead atoms. The third-order valence-electron chi connectivity index (χ3n) is 1.88. The second-order valence-corrected chi connectivity index (χ2v) is 3.69. The first kappa shape index (κ1) is 12.1. The molecular formula is C10H10BrF2NO. The average Bonchev–Trinajstić information content (AvgIpc) is 2.16. The Morgan fingerprint density at radius 2 is 1.93 bits per heavy atom. The first-order valence-corrected chi connectivity index (χ1v) is 5.46. The van der Waals surface area contributed by atoms with Crippen LogP contribution < -0.4 is 5.32 Å². The van der Waals surface area contributed by atoms with Crippen LogP contribution in [0.2, 0.25) is 0 Å². The number of hydrogen-bond acceptors (Lipinski definition) is 1. The number of carbonyl (C=O) groups is 1. The van der Waals surface area contributed by atoms with Crippen LogP contribution in [0.25, 0.3) is 0 Å². The quantitative estimate of drug-likeness (QED) is 0.846. The van der Waals surface area contributed by atoms with E-state index in [1.165, 1.54) is 12.1 Å². The minimum absolute atomic E-state index is 0.162. The average molecular weight is 278 g/mol. The van der Waals surface area contributed by atoms with Gasteiger partial charge in [-0.05, 0) is 24.6 Å². The molecule has 1 N–H and O–H groups in total. The Hall–Kier alpha value is -0.970. The van der Waals surface area contributed by atoms with E-state index in [9.17, 15) is 13.6 Å². The Labute approximate surface area is 94.8 Å². The molecule has 82 valence electrons. The zero-order chi connectivity index (χ0) is 11.4. The van der Waals surface area contributed by atoms with E-state index in [4.69, 9.17) is 0 Å². The molecule has 1 unspecified atom stereocenters. The van der Waals surface area contributed by atoms with Crippen LogP contribution in [0.1, 0.15) is 18.5 Å². The van der Waals surface area contributed by atoms with Gasteiger partial charge in [0.2, 0.25) is 5.91 Å². The third-order valence-corrected chi connectivity index (χ3v) is 2.39. The zero-order valence-corrected chi connectivity index (χ0v) is 9.64. The van der Waals surface area contributed by atoms with E-state index >= 15 is 0 Å². The predicted octanol–water partition coefficient (Wildman–Crippen LogP) is 2.54. The van der Waals surface area contributed by atoms with Gasteiger partial charge in [-0.2, -0.15) is 0 Å². The summed E-state index contributed by atoms with van der Waals surface area (Å²) >= 11 is 2.98. The van der Waals surface area contributed by atoms with Crippen molar-refractivity contribution in [2.45, 2.75) is 13.0 Å². The molecule has 0 saturated heterocycles. The Morgan fingerprint density at radius 3 is 2.40 bits per heavy atom. The molecule has 1 rings (SSSR count). The number of halogens is 3. The van der Waals surface area contributed by atoms with Crippen LogP contribution in [0.15, 0.2) is 18.2 Å². The predicted molar refractivity (Wildman–Crippen MR) is 56.7 cm³/mol. The molecule has 0 heterocycles. The van der Waals surface area contributed by atoms with Gasteiger partial charge in [0.1, 0.15) is 11.6 Å². The molecule has 0 fully saturated rings. The van der Waals surface area contributed by atoms with Gasteiger partial charge in [-0.15, -0.1) is 0 Å². The lowest BCUT2D eigenvalue weighted by Gasteiger charge is -2.13. The molecule has 0 spiro atoms. The van der Waals surface area contributed by atoms with E-state index in [-0.39, 0.29) is 11.2 Å². The van der Waals surface area contributed by atoms with Gasteiger partial charge in [-0.1, -0.05) is 15.9 Å². The maximum absolute atomic E-state index is 12.8. The highest BCUT2D eigenvalue weighted by atomic mass is 79.9. The fourth-order valence-electron chi connectivity index (χ4n) is 1.19. The van der Waals surface area contributed by atoms with Gasteiger partial charge in [0.15, 0.2) is 0 Å². The molecule has 0 radical (unpaired) electrons. The summed E-state index contributed by atoms with van der Waals surface area (Å²) in [4.78, 5) is 11.0. The summed E-state index contributed by atoms with van der Waals surface area (Å²) in [7, 11) is 0. The molecular weight excluding hydrogens is 268 g/mol. The summed E-state index contributed by atoms with van der Waals surface area (Å²) in [5.74, 6) is -1.53. The van der Waals surface area contributed by atoms with Crippen molar-refractivity contribution in [2.75, 3.05) is 5.33 Å². The summed E-state index contributed by atoms with van der Waals surface area (Å²) in [5.41, 5.74) is 0.404. The number of nitrogens with one attached hydrogen (secondary N) is 1. The highest BCUT2D eigenvalue weighted by molar-refractivity contribution is 9.09. The smallest absolute Gasteiger partial charge is 0.231 e. The number of hydrogen-bond donors (Lipinski definition) is 1. The van der Waals surface area contributed by atoms with E-state index in [0.29, 0.717) is 5.56 Å². The van der Waals surface area contributed by atoms with Crippen molar-refractivity contribution >= 4 is 21.8 Å². The summed E-state index contributed by atoms with van der Waals surface area (Å²) in [6, 6.07) is 2.77. The van der Waals surface area contributed by atoms with Crippen molar-refractivity contribution in [3.8, 4) is 0 Å². The lowest BCUT2D eigenvalue weighted by atomic mass is 10.1. The topological polar surface area (TPSA) is 29.1 Å². The van der Waals surface area contributed by atoms with Crippen molar-refractivity contribution < 1.29 is 13.6 Å². The number of rotatable bonds is 3. The molecule has 0 aromatic heterocycles. The van der Waals surface area contributed by atoms with Crippen LogP contribution in [0.4, 0.5) is 8.78 Å². The van der Waals surface area contributed by atoms with E-state index < -0.39 is 17.7 Å². The highest BCUT2D eigenvalue weighted by Gasteiger charge is 2.10. The lowest BCUT2D eigenvalue weighted by Crippen LogP contribution is -2.27. The molecule has 2 nitrogen and oxygen atoms in total. The molecule has 15 heavy (non-hydrogen) atoms. The minimum atomic E-state index is -0.648. The van der Waals surface area contributed by atoms with E-state index in [0.717, 1.165) is 6.07 Å². The monoisotopic (exact) mass is 277 g/mol. The molecule has 0 aliphatic carbocycles. The Morgan fingerprint density at radius 1 is 1.40 bits per heavy atom. The van der Waals surface area contributed by atoms with Crippen LogP contribution in [0, 0.1) is 11.6 Å². The van der Waals surface area contributed by atoms with Crippen molar-refractivity contribution in [2.24, 2.45) is 0 Å². The first-order chi connectivity index (χ1) is 7.02. The van der Waals surface area contributed by atoms with Crippen LogP contribution in [0.5, 0.6) is 0 Å². The second-order valence-electron chi connectivity index (χ2n) is 3.13. The molecule has 0 aliphatic rings. The van der Waals surface area contributed by atoms with E-state index in [1.54, 1.807) is 6.92 Å². The zero-order valence-electron chi connectivity index (χ0n) is 8.06. The van der Waals surface area contributed by atoms with Crippen molar-refractivity contribution in [3.63, 3.8) is 0 Å². The van der Waals surface area contributed by atoms with Crippen LogP contribution in [0.3, 0.4) is 0 Å². The molecule has 1 amide bonds. The molecule has 1 aromatic carbocycles. The Bertz CT molecular complexity index is 350. The van der Waals surface area contributed by atoms with Crippen LogP contribution in [-0.2, 0) is 4.79 Å². The fourth-order valence-corrected chi connectivity index (χ4v) is 1.35. The second kappa shape index (κ2) is 5.21. The lowest BCUT2D eigenvalue weighted by molar-refractivity contribution is -0.119. The summed E-state index contributed by atoms with van der Waals surface area (Å²) in [6.45, 7) is 1.66. The standard InChI is InChI=1S/C10H10BrF2NO/c1-6(14-10(15)5-11)7-2-8(12)4-9(13)3-7/h2-4,6H,5H2,1H3,(H,14,15). The molecule has 1 atom stereocenters. The fraction of sp³-hybridized carbons (Fsp3) is 0.300. The number of alkyl halides is 1. The van der Waals surface area contributed by atoms with Gasteiger partial charge in [0.25, 0.3) is 0 Å². The van der Waals surface area contributed by atoms with Crippen molar-refractivity contribution in [1.82, 2.24) is 5.32 Å². The first-order valence-electron chi connectivity index (χ1n) is 4.34. The van der Waals surface area contributed by atoms with Crippen LogP contribution in [-0.4, -0.2) is 11.2 Å². The van der Waals surface area contributed by atoms with Crippen molar-refractivity contribution in [3.05, 3.63) is 35.4 Å². The molecule has 0 saturated carbocycles. The maximum Gasteiger partial charge on any atom is 0.231 e. The minimum Gasteiger partial charge on any atom is -0.349 e. The number of benzene rings is 1. The van der Waals surface area contributed by atoms with E-state index in [1.807, 2.05) is 0 Å². The third kappa shape index (κ3) is 3.58. The van der Waals surface area contributed by atoms with Gasteiger partial charge in [-0.3, -0.25) is 4.79 Å². The maximum atomic E-state index is 12.8. The highest BCUT2D eigenvalue weighted by Crippen LogP contribution is 2.15. The number of amides is 1. The molecule has 5 heteroatoms. The summed E-state index contributed by atoms with van der Waals surface area (Å²) in [6.07, 6.45) is 0. The summed E-state index contributed by atoms with van der Waals surface area (Å²) < 4.78 is 25.7. The number of carbonyl (C=O) groups excluding carboxylic acids is 1. The SMILES string of the molecule is CC(NC(=O)CBr)c1cc(F)cc(F)c1. The van der Waals surface area contributed by atoms with Gasteiger partial charge < -0.3 is 5.32 Å². The van der Waals surface area contributed by atoms with Gasteiger partial charge in [0.05, 0.1) is 11.4 Å². The van der Waals surface area contributed by atoms with Gasteiger partial charge >= 0.3 is 0 Å². The normalized spacial score (nSPS) is 12.3.